The van der Waals surface area contributed by atoms with E-state index in [1.54, 1.807) is 13.2 Å². The van der Waals surface area contributed by atoms with E-state index in [9.17, 15) is 0 Å². The van der Waals surface area contributed by atoms with Crippen molar-refractivity contribution in [1.29, 1.82) is 0 Å². The topological polar surface area (TPSA) is 61.0 Å². The van der Waals surface area contributed by atoms with Gasteiger partial charge in [-0.1, -0.05) is 54.6 Å². The second-order valence-electron chi connectivity index (χ2n) is 4.60. The molecule has 104 valence electrons. The molecule has 0 unspecified atom stereocenters. The van der Waals surface area contributed by atoms with E-state index in [0.29, 0.717) is 5.88 Å². The molecule has 0 saturated heterocycles. The summed E-state index contributed by atoms with van der Waals surface area (Å²) in [5.41, 5.74) is 9.76. The number of nitrogen functional groups attached to an aromatic ring is 1. The molecule has 0 amide bonds. The second kappa shape index (κ2) is 5.63. The number of aromatic nitrogens is 2. The number of hydrogen-bond donors (Lipinski definition) is 1. The van der Waals surface area contributed by atoms with Crippen LogP contribution in [0.3, 0.4) is 0 Å². The quantitative estimate of drug-likeness (QED) is 0.797. The van der Waals surface area contributed by atoms with Crippen molar-refractivity contribution in [2.75, 3.05) is 12.8 Å². The molecular weight excluding hydrogens is 262 g/mol. The number of methoxy groups -OCH3 is 1. The number of rotatable bonds is 3. The molecule has 0 aliphatic carbocycles. The Labute approximate surface area is 123 Å². The van der Waals surface area contributed by atoms with Crippen molar-refractivity contribution >= 4 is 5.95 Å². The highest BCUT2D eigenvalue weighted by molar-refractivity contribution is 5.69. The standard InChI is InChI=1S/C17H15N3O/c1-21-16-11-15(19-17(18)20-16)14-9-7-13(8-10-14)12-5-3-2-4-6-12/h2-11H,1H3,(H2,18,19,20). The molecule has 0 spiro atoms. The molecule has 0 fully saturated rings. The zero-order valence-electron chi connectivity index (χ0n) is 11.7. The van der Waals surface area contributed by atoms with Gasteiger partial charge in [0.1, 0.15) is 0 Å². The van der Waals surface area contributed by atoms with Crippen molar-refractivity contribution in [3.8, 4) is 28.3 Å². The Morgan fingerprint density at radius 1 is 0.810 bits per heavy atom. The first kappa shape index (κ1) is 13.1. The average Bonchev–Trinajstić information content (AvgIpc) is 2.55. The number of anilines is 1. The molecule has 4 heteroatoms. The number of nitrogens with two attached hydrogens (primary N) is 1. The summed E-state index contributed by atoms with van der Waals surface area (Å²) < 4.78 is 5.12. The maximum Gasteiger partial charge on any atom is 0.223 e. The predicted molar refractivity (Wildman–Crippen MR) is 83.9 cm³/mol. The third kappa shape index (κ3) is 2.84. The van der Waals surface area contributed by atoms with E-state index in [-0.39, 0.29) is 5.95 Å². The Morgan fingerprint density at radius 3 is 2.10 bits per heavy atom. The van der Waals surface area contributed by atoms with E-state index in [4.69, 9.17) is 10.5 Å². The van der Waals surface area contributed by atoms with Crippen LogP contribution in [0.4, 0.5) is 5.95 Å². The normalized spacial score (nSPS) is 10.3. The molecule has 1 aromatic heterocycles. The Bertz CT molecular complexity index is 740. The lowest BCUT2D eigenvalue weighted by Gasteiger charge is -2.06. The Kier molecular flexibility index (Phi) is 3.51. The van der Waals surface area contributed by atoms with Gasteiger partial charge in [0, 0.05) is 11.6 Å². The number of ether oxygens (including phenoxy) is 1. The van der Waals surface area contributed by atoms with Crippen LogP contribution in [0.2, 0.25) is 0 Å². The minimum atomic E-state index is 0.205. The summed E-state index contributed by atoms with van der Waals surface area (Å²) in [6.07, 6.45) is 0. The molecule has 0 radical (unpaired) electrons. The molecule has 2 N–H and O–H groups in total. The van der Waals surface area contributed by atoms with Crippen LogP contribution in [0.5, 0.6) is 5.88 Å². The van der Waals surface area contributed by atoms with Crippen LogP contribution >= 0.6 is 0 Å². The summed E-state index contributed by atoms with van der Waals surface area (Å²) >= 11 is 0. The minimum Gasteiger partial charge on any atom is -0.481 e. The fourth-order valence-electron chi connectivity index (χ4n) is 2.16. The van der Waals surface area contributed by atoms with E-state index in [0.717, 1.165) is 16.8 Å². The lowest BCUT2D eigenvalue weighted by Crippen LogP contribution is -1.99. The summed E-state index contributed by atoms with van der Waals surface area (Å²) in [4.78, 5) is 8.23. The zero-order chi connectivity index (χ0) is 14.7. The minimum absolute atomic E-state index is 0.205. The average molecular weight is 277 g/mol. The Balaban J connectivity index is 1.96. The molecule has 2 aromatic carbocycles. The van der Waals surface area contributed by atoms with Crippen molar-refractivity contribution < 1.29 is 4.74 Å². The number of hydrogen-bond acceptors (Lipinski definition) is 4. The van der Waals surface area contributed by atoms with Crippen LogP contribution in [-0.4, -0.2) is 17.1 Å². The lowest BCUT2D eigenvalue weighted by atomic mass is 10.0. The summed E-state index contributed by atoms with van der Waals surface area (Å²) in [5, 5.41) is 0. The molecule has 0 saturated carbocycles. The fourth-order valence-corrected chi connectivity index (χ4v) is 2.16. The smallest absolute Gasteiger partial charge is 0.223 e. The Morgan fingerprint density at radius 2 is 1.43 bits per heavy atom. The van der Waals surface area contributed by atoms with Gasteiger partial charge in [-0.25, -0.2) is 4.98 Å². The van der Waals surface area contributed by atoms with Crippen molar-refractivity contribution in [3.05, 3.63) is 60.7 Å². The van der Waals surface area contributed by atoms with E-state index < -0.39 is 0 Å². The number of nitrogens with zero attached hydrogens (tertiary/aromatic N) is 2. The molecule has 0 aliphatic heterocycles. The highest BCUT2D eigenvalue weighted by Gasteiger charge is 2.05. The molecule has 0 atom stereocenters. The van der Waals surface area contributed by atoms with Gasteiger partial charge >= 0.3 is 0 Å². The third-order valence-corrected chi connectivity index (χ3v) is 3.22. The largest absolute Gasteiger partial charge is 0.481 e. The summed E-state index contributed by atoms with van der Waals surface area (Å²) in [5.74, 6) is 0.668. The highest BCUT2D eigenvalue weighted by atomic mass is 16.5. The van der Waals surface area contributed by atoms with Gasteiger partial charge in [-0.05, 0) is 11.1 Å². The van der Waals surface area contributed by atoms with E-state index in [1.165, 1.54) is 5.56 Å². The van der Waals surface area contributed by atoms with Gasteiger partial charge in [-0.15, -0.1) is 0 Å². The molecule has 4 nitrogen and oxygen atoms in total. The fraction of sp³-hybridized carbons (Fsp3) is 0.0588. The van der Waals surface area contributed by atoms with E-state index in [2.05, 4.69) is 34.2 Å². The van der Waals surface area contributed by atoms with Crippen LogP contribution in [0.1, 0.15) is 0 Å². The van der Waals surface area contributed by atoms with E-state index in [1.807, 2.05) is 30.3 Å². The maximum absolute atomic E-state index is 5.69. The maximum atomic E-state index is 5.69. The monoisotopic (exact) mass is 277 g/mol. The van der Waals surface area contributed by atoms with Crippen LogP contribution in [-0.2, 0) is 0 Å². The van der Waals surface area contributed by atoms with Gasteiger partial charge in [0.25, 0.3) is 0 Å². The molecular formula is C17H15N3O. The first-order valence-electron chi connectivity index (χ1n) is 6.60. The number of benzene rings is 2. The molecule has 0 bridgehead atoms. The molecule has 1 heterocycles. The lowest BCUT2D eigenvalue weighted by molar-refractivity contribution is 0.398. The summed E-state index contributed by atoms with van der Waals surface area (Å²) in [6, 6.07) is 20.2. The molecule has 0 aliphatic rings. The van der Waals surface area contributed by atoms with Crippen molar-refractivity contribution in [2.24, 2.45) is 0 Å². The SMILES string of the molecule is COc1cc(-c2ccc(-c3ccccc3)cc2)nc(N)n1. The van der Waals surface area contributed by atoms with Crippen LogP contribution < -0.4 is 10.5 Å². The first-order valence-corrected chi connectivity index (χ1v) is 6.60. The molecule has 3 aromatic rings. The van der Waals surface area contributed by atoms with Crippen LogP contribution in [0, 0.1) is 0 Å². The van der Waals surface area contributed by atoms with Gasteiger partial charge in [0.15, 0.2) is 0 Å². The van der Waals surface area contributed by atoms with Gasteiger partial charge in [-0.3, -0.25) is 0 Å². The highest BCUT2D eigenvalue weighted by Crippen LogP contribution is 2.25. The predicted octanol–water partition coefficient (Wildman–Crippen LogP) is 3.40. The van der Waals surface area contributed by atoms with Crippen LogP contribution in [0.15, 0.2) is 60.7 Å². The van der Waals surface area contributed by atoms with E-state index >= 15 is 0 Å². The van der Waals surface area contributed by atoms with Gasteiger partial charge < -0.3 is 10.5 Å². The molecule has 21 heavy (non-hydrogen) atoms. The van der Waals surface area contributed by atoms with Gasteiger partial charge in [-0.2, -0.15) is 4.98 Å². The third-order valence-electron chi connectivity index (χ3n) is 3.22. The van der Waals surface area contributed by atoms with Crippen molar-refractivity contribution in [3.63, 3.8) is 0 Å². The van der Waals surface area contributed by atoms with Crippen LogP contribution in [0.25, 0.3) is 22.4 Å². The summed E-state index contributed by atoms with van der Waals surface area (Å²) in [7, 11) is 1.56. The van der Waals surface area contributed by atoms with Gasteiger partial charge in [0.05, 0.1) is 12.8 Å². The van der Waals surface area contributed by atoms with Crippen molar-refractivity contribution in [1.82, 2.24) is 9.97 Å². The zero-order valence-corrected chi connectivity index (χ0v) is 11.7. The Hall–Kier alpha value is -2.88. The van der Waals surface area contributed by atoms with Gasteiger partial charge in [0.2, 0.25) is 11.8 Å². The first-order chi connectivity index (χ1) is 10.3. The van der Waals surface area contributed by atoms with Crippen molar-refractivity contribution in [2.45, 2.75) is 0 Å². The summed E-state index contributed by atoms with van der Waals surface area (Å²) in [6.45, 7) is 0. The second-order valence-corrected chi connectivity index (χ2v) is 4.60. The molecule has 3 rings (SSSR count).